The summed E-state index contributed by atoms with van der Waals surface area (Å²) in [5.74, 6) is -0.898. The van der Waals surface area contributed by atoms with Crippen LogP contribution in [0.5, 0.6) is 11.5 Å². The number of carbonyl (C=O) groups is 2. The lowest BCUT2D eigenvalue weighted by atomic mass is 10.1. The van der Waals surface area contributed by atoms with Crippen LogP contribution < -0.4 is 25.2 Å². The Morgan fingerprint density at radius 3 is 2.52 bits per heavy atom. The number of benzene rings is 2. The lowest BCUT2D eigenvalue weighted by Crippen LogP contribution is -2.30. The molecule has 0 fully saturated rings. The van der Waals surface area contributed by atoms with E-state index in [-0.39, 0.29) is 39.6 Å². The Labute approximate surface area is 185 Å². The number of carbonyl (C=O) groups excluding carboxylic acids is 2. The number of nitrogens with one attached hydrogen (secondary N) is 2. The minimum absolute atomic E-state index is 0.0681. The molecule has 0 spiro atoms. The Hall–Kier alpha value is -2.82. The Morgan fingerprint density at radius 1 is 1.19 bits per heavy atom. The molecule has 0 aliphatic heterocycles. The number of nitrogens with two attached hydrogens (primary N) is 1. The van der Waals surface area contributed by atoms with Crippen LogP contribution in [0.2, 0.25) is 5.02 Å². The van der Waals surface area contributed by atoms with E-state index < -0.39 is 28.4 Å². The van der Waals surface area contributed by atoms with Crippen molar-refractivity contribution < 1.29 is 27.5 Å². The molecular weight excluding hydrogens is 446 g/mol. The van der Waals surface area contributed by atoms with Crippen LogP contribution in [0.15, 0.2) is 41.3 Å². The molecule has 0 saturated carbocycles. The number of primary amides is 1. The molecule has 4 N–H and O–H groups in total. The van der Waals surface area contributed by atoms with Gasteiger partial charge in [0.1, 0.15) is 0 Å². The van der Waals surface area contributed by atoms with Crippen molar-refractivity contribution in [3.05, 3.63) is 52.5 Å². The van der Waals surface area contributed by atoms with E-state index in [0.29, 0.717) is 5.56 Å². The first kappa shape index (κ1) is 24.4. The third-order valence-corrected chi connectivity index (χ3v) is 5.84. The van der Waals surface area contributed by atoms with E-state index in [2.05, 4.69) is 10.0 Å². The van der Waals surface area contributed by atoms with E-state index in [0.717, 1.165) is 0 Å². The Bertz CT molecular complexity index is 1070. The van der Waals surface area contributed by atoms with E-state index >= 15 is 0 Å². The molecule has 0 saturated heterocycles. The van der Waals surface area contributed by atoms with Crippen molar-refractivity contribution in [2.45, 2.75) is 31.3 Å². The maximum Gasteiger partial charge on any atom is 0.255 e. The van der Waals surface area contributed by atoms with Crippen molar-refractivity contribution in [3.63, 3.8) is 0 Å². The lowest BCUT2D eigenvalue weighted by Gasteiger charge is -2.14. The number of hydrogen-bond acceptors (Lipinski definition) is 6. The van der Waals surface area contributed by atoms with Gasteiger partial charge in [-0.3, -0.25) is 9.59 Å². The van der Waals surface area contributed by atoms with E-state index in [9.17, 15) is 18.0 Å². The van der Waals surface area contributed by atoms with Crippen LogP contribution in [0.4, 0.5) is 0 Å². The molecule has 0 unspecified atom stereocenters. The fourth-order valence-corrected chi connectivity index (χ4v) is 4.21. The number of hydrogen-bond donors (Lipinski definition) is 3. The van der Waals surface area contributed by atoms with Crippen LogP contribution in [0.1, 0.15) is 29.8 Å². The second-order valence-corrected chi connectivity index (χ2v) is 8.97. The number of amides is 2. The summed E-state index contributed by atoms with van der Waals surface area (Å²) in [6.07, 6.45) is 0. The molecule has 168 valence electrons. The minimum Gasteiger partial charge on any atom is -0.493 e. The van der Waals surface area contributed by atoms with Crippen LogP contribution in [0.3, 0.4) is 0 Å². The maximum absolute atomic E-state index is 12.6. The zero-order valence-corrected chi connectivity index (χ0v) is 18.8. The molecule has 0 radical (unpaired) electrons. The van der Waals surface area contributed by atoms with Gasteiger partial charge in [0.25, 0.3) is 11.8 Å². The van der Waals surface area contributed by atoms with Gasteiger partial charge >= 0.3 is 0 Å². The molecule has 2 rings (SSSR count). The number of rotatable bonds is 10. The third-order valence-electron chi connectivity index (χ3n) is 3.90. The fourth-order valence-electron chi connectivity index (χ4n) is 2.62. The van der Waals surface area contributed by atoms with Gasteiger partial charge in [-0.1, -0.05) is 23.7 Å². The molecule has 2 aromatic rings. The minimum atomic E-state index is -3.65. The summed E-state index contributed by atoms with van der Waals surface area (Å²) >= 11 is 6.16. The van der Waals surface area contributed by atoms with E-state index in [1.54, 1.807) is 26.0 Å². The molecule has 0 aliphatic carbocycles. The summed E-state index contributed by atoms with van der Waals surface area (Å²) in [5.41, 5.74) is 5.85. The molecule has 0 aliphatic rings. The Kier molecular flexibility index (Phi) is 8.26. The maximum atomic E-state index is 12.6. The van der Waals surface area contributed by atoms with Crippen molar-refractivity contribution in [1.82, 2.24) is 10.0 Å². The normalized spacial score (nSPS) is 11.3. The monoisotopic (exact) mass is 469 g/mol. The van der Waals surface area contributed by atoms with Crippen molar-refractivity contribution in [1.29, 1.82) is 0 Å². The van der Waals surface area contributed by atoms with Gasteiger partial charge in [0.05, 0.1) is 17.0 Å². The number of methoxy groups -OCH3 is 1. The first-order chi connectivity index (χ1) is 14.5. The molecule has 11 heteroatoms. The standard InChI is InChI=1S/C20H24ClN3O6S/c1-12(2)24-31(27,28)15-6-4-5-13(7-15)10-23-20(26)14-8-16(21)19(17(9-14)29-3)30-11-18(22)25/h4-9,12,24H,10-11H2,1-3H3,(H2,22,25)(H,23,26). The van der Waals surface area contributed by atoms with Crippen LogP contribution in [-0.4, -0.2) is 40.0 Å². The van der Waals surface area contributed by atoms with Crippen molar-refractivity contribution >= 4 is 33.4 Å². The number of ether oxygens (including phenoxy) is 2. The third kappa shape index (κ3) is 6.84. The molecule has 0 heterocycles. The fraction of sp³-hybridized carbons (Fsp3) is 0.300. The summed E-state index contributed by atoms with van der Waals surface area (Å²) < 4.78 is 37.6. The van der Waals surface area contributed by atoms with E-state index in [1.807, 2.05) is 0 Å². The number of sulfonamides is 1. The molecule has 0 bridgehead atoms. The summed E-state index contributed by atoms with van der Waals surface area (Å²) in [6, 6.07) is 8.78. The summed E-state index contributed by atoms with van der Waals surface area (Å²) in [4.78, 5) is 23.6. The van der Waals surface area contributed by atoms with Crippen molar-refractivity contribution in [2.75, 3.05) is 13.7 Å². The average Bonchev–Trinajstić information content (AvgIpc) is 2.69. The van der Waals surface area contributed by atoms with Gasteiger partial charge in [-0.15, -0.1) is 0 Å². The summed E-state index contributed by atoms with van der Waals surface area (Å²) in [5, 5.41) is 2.77. The van der Waals surface area contributed by atoms with Gasteiger partial charge in [0, 0.05) is 18.2 Å². The van der Waals surface area contributed by atoms with E-state index in [4.69, 9.17) is 26.8 Å². The highest BCUT2D eigenvalue weighted by molar-refractivity contribution is 7.89. The first-order valence-electron chi connectivity index (χ1n) is 9.21. The van der Waals surface area contributed by atoms with Gasteiger partial charge in [-0.25, -0.2) is 13.1 Å². The average molecular weight is 470 g/mol. The highest BCUT2D eigenvalue weighted by Gasteiger charge is 2.18. The molecule has 0 aromatic heterocycles. The van der Waals surface area contributed by atoms with E-state index in [1.165, 1.54) is 31.4 Å². The summed E-state index contributed by atoms with van der Waals surface area (Å²) in [6.45, 7) is 3.15. The largest absolute Gasteiger partial charge is 0.493 e. The van der Waals surface area contributed by atoms with Gasteiger partial charge in [0.2, 0.25) is 10.0 Å². The highest BCUT2D eigenvalue weighted by atomic mass is 35.5. The van der Waals surface area contributed by atoms with Crippen LogP contribution in [-0.2, 0) is 21.4 Å². The van der Waals surface area contributed by atoms with Crippen molar-refractivity contribution in [3.8, 4) is 11.5 Å². The molecule has 9 nitrogen and oxygen atoms in total. The van der Waals surface area contributed by atoms with Crippen LogP contribution >= 0.6 is 11.6 Å². The van der Waals surface area contributed by atoms with Gasteiger partial charge < -0.3 is 20.5 Å². The SMILES string of the molecule is COc1cc(C(=O)NCc2cccc(S(=O)(=O)NC(C)C)c2)cc(Cl)c1OCC(N)=O. The second kappa shape index (κ2) is 10.5. The highest BCUT2D eigenvalue weighted by Crippen LogP contribution is 2.36. The van der Waals surface area contributed by atoms with Crippen molar-refractivity contribution in [2.24, 2.45) is 5.73 Å². The van der Waals surface area contributed by atoms with Gasteiger partial charge in [-0.05, 0) is 43.7 Å². The predicted octanol–water partition coefficient (Wildman–Crippen LogP) is 1.83. The van der Waals surface area contributed by atoms with Gasteiger partial charge in [0.15, 0.2) is 18.1 Å². The Balaban J connectivity index is 2.15. The zero-order chi connectivity index (χ0) is 23.2. The zero-order valence-electron chi connectivity index (χ0n) is 17.3. The van der Waals surface area contributed by atoms with Gasteiger partial charge in [-0.2, -0.15) is 0 Å². The quantitative estimate of drug-likeness (QED) is 0.485. The predicted molar refractivity (Wildman–Crippen MR) is 116 cm³/mol. The molecule has 0 atom stereocenters. The smallest absolute Gasteiger partial charge is 0.255 e. The summed E-state index contributed by atoms with van der Waals surface area (Å²) in [7, 11) is -2.28. The second-order valence-electron chi connectivity index (χ2n) is 6.85. The first-order valence-corrected chi connectivity index (χ1v) is 11.1. The van der Waals surface area contributed by atoms with Crippen LogP contribution in [0.25, 0.3) is 0 Å². The molecule has 31 heavy (non-hydrogen) atoms. The van der Waals surface area contributed by atoms with Crippen LogP contribution in [0, 0.1) is 0 Å². The number of halogens is 1. The Morgan fingerprint density at radius 2 is 1.90 bits per heavy atom. The topological polar surface area (TPSA) is 137 Å². The lowest BCUT2D eigenvalue weighted by molar-refractivity contribution is -0.119. The molecule has 2 aromatic carbocycles. The molecular formula is C20H24ClN3O6S. The molecule has 2 amide bonds.